The van der Waals surface area contributed by atoms with Crippen LogP contribution >= 0.6 is 0 Å². The molecule has 0 saturated carbocycles. The maximum absolute atomic E-state index is 14.0. The van der Waals surface area contributed by atoms with Gasteiger partial charge in [0.2, 0.25) is 0 Å². The zero-order chi connectivity index (χ0) is 23.2. The van der Waals surface area contributed by atoms with Crippen molar-refractivity contribution in [2.45, 2.75) is 50.5 Å². The van der Waals surface area contributed by atoms with Crippen LogP contribution in [-0.4, -0.2) is 33.3 Å². The molecule has 0 aliphatic carbocycles. The Morgan fingerprint density at radius 3 is 2.55 bits per heavy atom. The number of aryl methyl sites for hydroxylation is 1. The van der Waals surface area contributed by atoms with Crippen molar-refractivity contribution in [1.82, 2.24) is 14.7 Å². The van der Waals surface area contributed by atoms with Crippen molar-refractivity contribution in [2.75, 3.05) is 11.9 Å². The molecule has 1 saturated heterocycles. The maximum atomic E-state index is 14.0. The van der Waals surface area contributed by atoms with Gasteiger partial charge in [0, 0.05) is 13.0 Å². The van der Waals surface area contributed by atoms with E-state index >= 15 is 0 Å². The summed E-state index contributed by atoms with van der Waals surface area (Å²) in [6, 6.07) is 14.5. The SMILES string of the molecule is Cc1ccccc1C1CCCN1C(=O)c1cnn2c1N[C@@H](c1ccccc1)C[C@H]2C(F)(F)F. The summed E-state index contributed by atoms with van der Waals surface area (Å²) in [6.07, 6.45) is -1.71. The first kappa shape index (κ1) is 21.6. The van der Waals surface area contributed by atoms with Crippen molar-refractivity contribution >= 4 is 11.7 Å². The fraction of sp³-hybridized carbons (Fsp3) is 0.360. The second kappa shape index (κ2) is 8.24. The number of halogens is 3. The molecule has 33 heavy (non-hydrogen) atoms. The minimum Gasteiger partial charge on any atom is -0.363 e. The summed E-state index contributed by atoms with van der Waals surface area (Å²) in [7, 11) is 0. The molecule has 1 N–H and O–H groups in total. The lowest BCUT2D eigenvalue weighted by atomic mass is 9.96. The highest BCUT2D eigenvalue weighted by atomic mass is 19.4. The number of alkyl halides is 3. The third-order valence-electron chi connectivity index (χ3n) is 6.73. The Balaban J connectivity index is 1.51. The molecule has 1 fully saturated rings. The molecule has 5 rings (SSSR count). The van der Waals surface area contributed by atoms with Gasteiger partial charge < -0.3 is 10.2 Å². The Morgan fingerprint density at radius 1 is 1.09 bits per heavy atom. The molecule has 172 valence electrons. The highest BCUT2D eigenvalue weighted by Crippen LogP contribution is 2.45. The van der Waals surface area contributed by atoms with Gasteiger partial charge in [-0.25, -0.2) is 4.68 Å². The Bertz CT molecular complexity index is 1160. The summed E-state index contributed by atoms with van der Waals surface area (Å²) in [6.45, 7) is 2.57. The fourth-order valence-electron chi connectivity index (χ4n) is 5.07. The van der Waals surface area contributed by atoms with Crippen molar-refractivity contribution in [3.8, 4) is 0 Å². The molecule has 3 aromatic rings. The molecule has 3 heterocycles. The number of anilines is 1. The van der Waals surface area contributed by atoms with Gasteiger partial charge in [-0.2, -0.15) is 18.3 Å². The van der Waals surface area contributed by atoms with Crippen molar-refractivity contribution in [3.05, 3.63) is 83.0 Å². The number of carbonyl (C=O) groups excluding carboxylic acids is 1. The summed E-state index contributed by atoms with van der Waals surface area (Å²) >= 11 is 0. The van der Waals surface area contributed by atoms with Crippen LogP contribution in [0, 0.1) is 6.92 Å². The summed E-state index contributed by atoms with van der Waals surface area (Å²) in [5.74, 6) is -0.151. The zero-order valence-electron chi connectivity index (χ0n) is 18.2. The Labute approximate surface area is 190 Å². The van der Waals surface area contributed by atoms with E-state index in [1.807, 2.05) is 37.3 Å². The molecular weight excluding hydrogens is 429 g/mol. The number of nitrogens with one attached hydrogen (secondary N) is 1. The van der Waals surface area contributed by atoms with Crippen molar-refractivity contribution in [1.29, 1.82) is 0 Å². The van der Waals surface area contributed by atoms with Crippen molar-refractivity contribution < 1.29 is 18.0 Å². The molecule has 3 atom stereocenters. The summed E-state index contributed by atoms with van der Waals surface area (Å²) in [5.41, 5.74) is 3.10. The monoisotopic (exact) mass is 454 g/mol. The first-order valence-corrected chi connectivity index (χ1v) is 11.2. The van der Waals surface area contributed by atoms with Crippen LogP contribution in [0.3, 0.4) is 0 Å². The molecule has 1 amide bonds. The molecule has 2 aliphatic heterocycles. The van der Waals surface area contributed by atoms with Gasteiger partial charge in [-0.05, 0) is 36.5 Å². The van der Waals surface area contributed by atoms with E-state index in [9.17, 15) is 18.0 Å². The van der Waals surface area contributed by atoms with E-state index in [0.29, 0.717) is 6.54 Å². The topological polar surface area (TPSA) is 50.2 Å². The summed E-state index contributed by atoms with van der Waals surface area (Å²) in [5, 5.41) is 7.21. The van der Waals surface area contributed by atoms with E-state index in [2.05, 4.69) is 10.4 Å². The molecule has 0 spiro atoms. The molecule has 0 radical (unpaired) electrons. The average molecular weight is 454 g/mol. The Kier molecular flexibility index (Phi) is 5.38. The van der Waals surface area contributed by atoms with Crippen molar-refractivity contribution in [2.24, 2.45) is 0 Å². The largest absolute Gasteiger partial charge is 0.410 e. The zero-order valence-corrected chi connectivity index (χ0v) is 18.2. The molecule has 1 aromatic heterocycles. The highest BCUT2D eigenvalue weighted by molar-refractivity contribution is 5.99. The second-order valence-corrected chi connectivity index (χ2v) is 8.77. The van der Waals surface area contributed by atoms with Crippen LogP contribution in [-0.2, 0) is 0 Å². The normalized spacial score (nSPS) is 22.7. The average Bonchev–Trinajstić information content (AvgIpc) is 3.46. The van der Waals surface area contributed by atoms with Gasteiger partial charge in [-0.1, -0.05) is 54.6 Å². The van der Waals surface area contributed by atoms with E-state index in [-0.39, 0.29) is 29.8 Å². The second-order valence-electron chi connectivity index (χ2n) is 8.77. The minimum atomic E-state index is -4.48. The number of likely N-dealkylation sites (tertiary alicyclic amines) is 1. The molecule has 1 unspecified atom stereocenters. The Morgan fingerprint density at radius 2 is 1.82 bits per heavy atom. The quantitative estimate of drug-likeness (QED) is 0.542. The lowest BCUT2D eigenvalue weighted by Crippen LogP contribution is -2.37. The summed E-state index contributed by atoms with van der Waals surface area (Å²) in [4.78, 5) is 15.4. The molecule has 0 bridgehead atoms. The van der Waals surface area contributed by atoms with E-state index in [1.165, 1.54) is 6.20 Å². The van der Waals surface area contributed by atoms with Gasteiger partial charge in [0.15, 0.2) is 6.04 Å². The number of amides is 1. The van der Waals surface area contributed by atoms with Gasteiger partial charge in [0.1, 0.15) is 11.4 Å². The number of hydrogen-bond donors (Lipinski definition) is 1. The van der Waals surface area contributed by atoms with Gasteiger partial charge in [-0.15, -0.1) is 0 Å². The number of rotatable bonds is 3. The standard InChI is InChI=1S/C25H25F3N4O/c1-16-8-5-6-11-18(16)21-12-7-13-31(21)24(33)19-15-29-32-22(25(26,27)28)14-20(30-23(19)32)17-9-3-2-4-10-17/h2-6,8-11,15,20-22,30H,7,12-14H2,1H3/t20-,21?,22+/m1/s1. The van der Waals surface area contributed by atoms with Crippen LogP contribution in [0.5, 0.6) is 0 Å². The molecule has 5 nitrogen and oxygen atoms in total. The minimum absolute atomic E-state index is 0.0961. The third-order valence-corrected chi connectivity index (χ3v) is 6.73. The molecule has 2 aromatic carbocycles. The van der Waals surface area contributed by atoms with E-state index in [0.717, 1.165) is 34.2 Å². The Hall–Kier alpha value is -3.29. The van der Waals surface area contributed by atoms with Crippen LogP contribution in [0.25, 0.3) is 0 Å². The number of nitrogens with zero attached hydrogens (tertiary/aromatic N) is 3. The van der Waals surface area contributed by atoms with E-state index in [1.54, 1.807) is 29.2 Å². The van der Waals surface area contributed by atoms with Crippen LogP contribution in [0.1, 0.15) is 64.4 Å². The first-order valence-electron chi connectivity index (χ1n) is 11.2. The van der Waals surface area contributed by atoms with Gasteiger partial charge in [-0.3, -0.25) is 4.79 Å². The number of hydrogen-bond acceptors (Lipinski definition) is 3. The number of benzene rings is 2. The van der Waals surface area contributed by atoms with Gasteiger partial charge >= 0.3 is 6.18 Å². The van der Waals surface area contributed by atoms with Crippen LogP contribution in [0.4, 0.5) is 19.0 Å². The van der Waals surface area contributed by atoms with Crippen LogP contribution < -0.4 is 5.32 Å². The fourth-order valence-corrected chi connectivity index (χ4v) is 5.07. The molecule has 8 heteroatoms. The summed E-state index contributed by atoms with van der Waals surface area (Å²) < 4.78 is 42.8. The number of carbonyl (C=O) groups is 1. The van der Waals surface area contributed by atoms with Gasteiger partial charge in [0.25, 0.3) is 5.91 Å². The maximum Gasteiger partial charge on any atom is 0.410 e. The van der Waals surface area contributed by atoms with E-state index in [4.69, 9.17) is 0 Å². The lowest BCUT2D eigenvalue weighted by molar-refractivity contribution is -0.173. The first-order chi connectivity index (χ1) is 15.8. The number of aromatic nitrogens is 2. The van der Waals surface area contributed by atoms with E-state index < -0.39 is 18.3 Å². The number of fused-ring (bicyclic) bond motifs is 1. The smallest absolute Gasteiger partial charge is 0.363 e. The van der Waals surface area contributed by atoms with Crippen LogP contribution in [0.2, 0.25) is 0 Å². The highest BCUT2D eigenvalue weighted by Gasteiger charge is 2.47. The molecule has 2 aliphatic rings. The lowest BCUT2D eigenvalue weighted by Gasteiger charge is -2.34. The molecular formula is C25H25F3N4O. The van der Waals surface area contributed by atoms with Gasteiger partial charge in [0.05, 0.1) is 18.3 Å². The predicted octanol–water partition coefficient (Wildman–Crippen LogP) is 5.83. The van der Waals surface area contributed by atoms with Crippen LogP contribution in [0.15, 0.2) is 60.8 Å². The third kappa shape index (κ3) is 3.87. The van der Waals surface area contributed by atoms with Crippen molar-refractivity contribution in [3.63, 3.8) is 0 Å². The predicted molar refractivity (Wildman–Crippen MR) is 119 cm³/mol.